The van der Waals surface area contributed by atoms with E-state index in [1.54, 1.807) is 12.1 Å². The zero-order valence-electron chi connectivity index (χ0n) is 12.1. The molecule has 0 amide bonds. The Kier molecular flexibility index (Phi) is 4.53. The molecule has 118 valence electrons. The van der Waals surface area contributed by atoms with Gasteiger partial charge in [-0.05, 0) is 25.5 Å². The van der Waals surface area contributed by atoms with Crippen molar-refractivity contribution in [1.82, 2.24) is 0 Å². The summed E-state index contributed by atoms with van der Waals surface area (Å²) in [7, 11) is -4.62. The van der Waals surface area contributed by atoms with Crippen LogP contribution in [-0.2, 0) is 14.6 Å². The molecule has 1 aromatic carbocycles. The Balaban J connectivity index is 2.42. The van der Waals surface area contributed by atoms with Crippen molar-refractivity contribution in [2.75, 3.05) is 24.6 Å². The number of alkyl halides is 2. The van der Waals surface area contributed by atoms with Crippen LogP contribution in [-0.4, -0.2) is 39.5 Å². The number of para-hydroxylation sites is 1. The number of benzene rings is 1. The predicted octanol–water partition coefficient (Wildman–Crippen LogP) is 2.69. The van der Waals surface area contributed by atoms with E-state index in [1.165, 1.54) is 12.1 Å². The first kappa shape index (κ1) is 16.2. The van der Waals surface area contributed by atoms with Crippen LogP contribution in [0.15, 0.2) is 29.2 Å². The zero-order chi connectivity index (χ0) is 15.7. The van der Waals surface area contributed by atoms with Crippen molar-refractivity contribution in [2.24, 2.45) is 0 Å². The number of hydrogen-bond acceptors (Lipinski definition) is 4. The minimum Gasteiger partial charge on any atom is -0.372 e. The fourth-order valence-corrected chi connectivity index (χ4v) is 3.35. The third-order valence-electron chi connectivity index (χ3n) is 3.83. The molecule has 1 atom stereocenters. The van der Waals surface area contributed by atoms with Crippen LogP contribution in [0.2, 0.25) is 0 Å². The van der Waals surface area contributed by atoms with E-state index in [1.807, 2.05) is 18.7 Å². The van der Waals surface area contributed by atoms with Crippen molar-refractivity contribution in [3.8, 4) is 0 Å². The van der Waals surface area contributed by atoms with Gasteiger partial charge in [-0.1, -0.05) is 19.1 Å². The van der Waals surface area contributed by atoms with Crippen LogP contribution in [0.25, 0.3) is 0 Å². The summed E-state index contributed by atoms with van der Waals surface area (Å²) in [6, 6.07) is 5.91. The number of morpholine rings is 1. The topological polar surface area (TPSA) is 46.6 Å². The first-order valence-electron chi connectivity index (χ1n) is 6.80. The Bertz CT molecular complexity index is 606. The Morgan fingerprint density at radius 2 is 2.05 bits per heavy atom. The molecule has 1 saturated heterocycles. The highest BCUT2D eigenvalue weighted by molar-refractivity contribution is 7.91. The highest BCUT2D eigenvalue weighted by atomic mass is 32.2. The van der Waals surface area contributed by atoms with E-state index >= 15 is 0 Å². The molecule has 21 heavy (non-hydrogen) atoms. The average molecular weight is 319 g/mol. The lowest BCUT2D eigenvalue weighted by Crippen LogP contribution is -2.50. The fourth-order valence-electron chi connectivity index (χ4n) is 2.41. The quantitative estimate of drug-likeness (QED) is 0.856. The van der Waals surface area contributed by atoms with Crippen LogP contribution in [0.3, 0.4) is 0 Å². The third-order valence-corrected chi connectivity index (χ3v) is 5.26. The summed E-state index contributed by atoms with van der Waals surface area (Å²) in [4.78, 5) is 1.49. The van der Waals surface area contributed by atoms with Crippen LogP contribution in [0, 0.1) is 0 Å². The van der Waals surface area contributed by atoms with Crippen molar-refractivity contribution < 1.29 is 21.9 Å². The molecule has 4 nitrogen and oxygen atoms in total. The summed E-state index contributed by atoms with van der Waals surface area (Å²) in [6.07, 6.45) is 0.757. The third kappa shape index (κ3) is 3.18. The smallest absolute Gasteiger partial charge is 0.341 e. The van der Waals surface area contributed by atoms with Gasteiger partial charge in [0, 0.05) is 13.1 Å². The lowest BCUT2D eigenvalue weighted by atomic mass is 10.0. The van der Waals surface area contributed by atoms with Crippen LogP contribution < -0.4 is 4.90 Å². The Morgan fingerprint density at radius 3 is 2.67 bits per heavy atom. The Hall–Kier alpha value is -1.21. The molecule has 0 spiro atoms. The molecular weight excluding hydrogens is 300 g/mol. The maximum absolute atomic E-state index is 12.8. The van der Waals surface area contributed by atoms with Crippen molar-refractivity contribution in [3.05, 3.63) is 24.3 Å². The summed E-state index contributed by atoms with van der Waals surface area (Å²) < 4.78 is 55.0. The largest absolute Gasteiger partial charge is 0.372 e. The molecule has 0 saturated carbocycles. The van der Waals surface area contributed by atoms with E-state index < -0.39 is 21.2 Å². The van der Waals surface area contributed by atoms with Crippen LogP contribution in [0.4, 0.5) is 14.5 Å². The van der Waals surface area contributed by atoms with Crippen molar-refractivity contribution >= 4 is 15.5 Å². The molecule has 1 fully saturated rings. The van der Waals surface area contributed by atoms with Gasteiger partial charge < -0.3 is 9.64 Å². The van der Waals surface area contributed by atoms with Gasteiger partial charge in [-0.2, -0.15) is 8.78 Å². The first-order chi connectivity index (χ1) is 9.80. The maximum Gasteiger partial charge on any atom is 0.341 e. The van der Waals surface area contributed by atoms with E-state index in [0.29, 0.717) is 25.4 Å². The maximum atomic E-state index is 12.8. The van der Waals surface area contributed by atoms with Gasteiger partial charge in [-0.25, -0.2) is 8.42 Å². The highest BCUT2D eigenvalue weighted by Gasteiger charge is 2.35. The average Bonchev–Trinajstić information content (AvgIpc) is 2.47. The molecule has 1 heterocycles. The van der Waals surface area contributed by atoms with E-state index in [9.17, 15) is 17.2 Å². The molecule has 0 radical (unpaired) electrons. The number of rotatable bonds is 4. The van der Waals surface area contributed by atoms with Gasteiger partial charge in [0.2, 0.25) is 9.84 Å². The van der Waals surface area contributed by atoms with E-state index in [-0.39, 0.29) is 4.90 Å². The van der Waals surface area contributed by atoms with Crippen molar-refractivity contribution in [3.63, 3.8) is 0 Å². The molecular formula is C14H19F2NO3S. The summed E-state index contributed by atoms with van der Waals surface area (Å²) in [6.45, 7) is 5.30. The van der Waals surface area contributed by atoms with Gasteiger partial charge in [0.25, 0.3) is 0 Å². The summed E-state index contributed by atoms with van der Waals surface area (Å²) in [5.41, 5.74) is -0.0827. The molecule has 0 bridgehead atoms. The summed E-state index contributed by atoms with van der Waals surface area (Å²) in [5, 5.41) is 0. The second kappa shape index (κ2) is 5.88. The lowest BCUT2D eigenvalue weighted by molar-refractivity contribution is -0.0442. The van der Waals surface area contributed by atoms with Gasteiger partial charge >= 0.3 is 5.76 Å². The van der Waals surface area contributed by atoms with Crippen LogP contribution in [0.5, 0.6) is 0 Å². The predicted molar refractivity (Wildman–Crippen MR) is 76.5 cm³/mol. The standard InChI is InChI=1S/C14H19F2NO3S/c1-3-14(2)10-17(8-9-20-14)11-6-4-5-7-12(11)21(18,19)13(15)16/h4-7,13H,3,8-10H2,1-2H3. The van der Waals surface area contributed by atoms with Gasteiger partial charge in [0.15, 0.2) is 0 Å². The lowest BCUT2D eigenvalue weighted by Gasteiger charge is -2.41. The fraction of sp³-hybridized carbons (Fsp3) is 0.571. The van der Waals surface area contributed by atoms with Crippen molar-refractivity contribution in [2.45, 2.75) is 36.5 Å². The molecule has 0 aromatic heterocycles. The molecule has 1 unspecified atom stereocenters. The van der Waals surface area contributed by atoms with Gasteiger partial charge in [-0.15, -0.1) is 0 Å². The molecule has 1 aliphatic rings. The molecule has 1 aliphatic heterocycles. The van der Waals surface area contributed by atoms with E-state index in [4.69, 9.17) is 4.74 Å². The minimum atomic E-state index is -4.62. The molecule has 7 heteroatoms. The molecule has 1 aromatic rings. The van der Waals surface area contributed by atoms with Crippen LogP contribution >= 0.6 is 0 Å². The molecule has 0 aliphatic carbocycles. The number of anilines is 1. The Morgan fingerprint density at radius 1 is 1.38 bits per heavy atom. The highest BCUT2D eigenvalue weighted by Crippen LogP contribution is 2.32. The monoisotopic (exact) mass is 319 g/mol. The summed E-state index contributed by atoms with van der Waals surface area (Å²) in [5.74, 6) is -3.42. The number of ether oxygens (including phenoxy) is 1. The second-order valence-corrected chi connectivity index (χ2v) is 7.23. The Labute approximate surface area is 123 Å². The number of sulfone groups is 1. The van der Waals surface area contributed by atoms with Crippen molar-refractivity contribution in [1.29, 1.82) is 0 Å². The summed E-state index contributed by atoms with van der Waals surface area (Å²) >= 11 is 0. The molecule has 0 N–H and O–H groups in total. The number of halogens is 2. The number of hydrogen-bond donors (Lipinski definition) is 0. The zero-order valence-corrected chi connectivity index (χ0v) is 12.9. The number of nitrogens with zero attached hydrogens (tertiary/aromatic N) is 1. The minimum absolute atomic E-state index is 0.319. The van der Waals surface area contributed by atoms with Gasteiger partial charge in [0.05, 0.1) is 22.8 Å². The van der Waals surface area contributed by atoms with E-state index in [0.717, 1.165) is 6.42 Å². The second-order valence-electron chi connectivity index (χ2n) is 5.35. The van der Waals surface area contributed by atoms with Gasteiger partial charge in [-0.3, -0.25) is 0 Å². The van der Waals surface area contributed by atoms with E-state index in [2.05, 4.69) is 0 Å². The molecule has 2 rings (SSSR count). The van der Waals surface area contributed by atoms with Crippen LogP contribution in [0.1, 0.15) is 20.3 Å². The normalized spacial score (nSPS) is 23.6. The SMILES string of the molecule is CCC1(C)CN(c2ccccc2S(=O)(=O)C(F)F)CCO1. The van der Waals surface area contributed by atoms with Gasteiger partial charge in [0.1, 0.15) is 0 Å². The first-order valence-corrected chi connectivity index (χ1v) is 8.35.